The Labute approximate surface area is 149 Å². The summed E-state index contributed by atoms with van der Waals surface area (Å²) in [5.74, 6) is 1.48. The van der Waals surface area contributed by atoms with E-state index in [-0.39, 0.29) is 12.5 Å². The molecule has 0 bridgehead atoms. The van der Waals surface area contributed by atoms with E-state index in [2.05, 4.69) is 23.4 Å². The van der Waals surface area contributed by atoms with Crippen LogP contribution >= 0.6 is 0 Å². The summed E-state index contributed by atoms with van der Waals surface area (Å²) in [5, 5.41) is 0. The Hall–Kier alpha value is -2.14. The number of likely N-dealkylation sites (tertiary alicyclic amines) is 1. The summed E-state index contributed by atoms with van der Waals surface area (Å²) in [7, 11) is 0. The van der Waals surface area contributed by atoms with E-state index in [1.165, 1.54) is 0 Å². The van der Waals surface area contributed by atoms with Crippen molar-refractivity contribution >= 4 is 5.91 Å². The second-order valence-corrected chi connectivity index (χ2v) is 6.94. The maximum atomic E-state index is 12.5. The lowest BCUT2D eigenvalue weighted by Gasteiger charge is -2.33. The van der Waals surface area contributed by atoms with Gasteiger partial charge in [-0.15, -0.1) is 0 Å². The summed E-state index contributed by atoms with van der Waals surface area (Å²) in [6.45, 7) is 6.48. The number of rotatable bonds is 6. The van der Waals surface area contributed by atoms with Gasteiger partial charge in [-0.2, -0.15) is 0 Å². The van der Waals surface area contributed by atoms with Gasteiger partial charge in [-0.1, -0.05) is 30.3 Å². The Morgan fingerprint density at radius 2 is 2.12 bits per heavy atom. The van der Waals surface area contributed by atoms with Gasteiger partial charge >= 0.3 is 0 Å². The van der Waals surface area contributed by atoms with Gasteiger partial charge in [-0.25, -0.2) is 4.98 Å². The molecule has 0 spiro atoms. The van der Waals surface area contributed by atoms with Crippen molar-refractivity contribution in [3.05, 3.63) is 54.1 Å². The zero-order valence-corrected chi connectivity index (χ0v) is 15.1. The van der Waals surface area contributed by atoms with Gasteiger partial charge in [0.05, 0.1) is 6.61 Å². The predicted octanol–water partition coefficient (Wildman–Crippen LogP) is 3.39. The zero-order chi connectivity index (χ0) is 17.6. The molecule has 1 aliphatic rings. The smallest absolute Gasteiger partial charge is 0.248 e. The van der Waals surface area contributed by atoms with Gasteiger partial charge in [0.25, 0.3) is 0 Å². The monoisotopic (exact) mass is 341 g/mol. The van der Waals surface area contributed by atoms with Crippen LogP contribution in [0.25, 0.3) is 0 Å². The average Bonchev–Trinajstić information content (AvgIpc) is 3.13. The van der Waals surface area contributed by atoms with Crippen molar-refractivity contribution < 1.29 is 9.53 Å². The molecule has 1 aliphatic heterocycles. The minimum Gasteiger partial charge on any atom is -0.367 e. The summed E-state index contributed by atoms with van der Waals surface area (Å²) in [6.07, 6.45) is 5.99. The van der Waals surface area contributed by atoms with Crippen molar-refractivity contribution in [3.8, 4) is 0 Å². The number of imidazole rings is 1. The Bertz CT molecular complexity index is 681. The highest BCUT2D eigenvalue weighted by Gasteiger charge is 2.27. The molecule has 2 aromatic rings. The lowest BCUT2D eigenvalue weighted by Crippen LogP contribution is -2.41. The van der Waals surface area contributed by atoms with E-state index in [0.29, 0.717) is 18.6 Å². The number of aromatic nitrogens is 2. The minimum atomic E-state index is 0.0725. The van der Waals surface area contributed by atoms with Crippen LogP contribution in [-0.2, 0) is 16.1 Å². The normalized spacial score (nSPS) is 17.9. The highest BCUT2D eigenvalue weighted by Crippen LogP contribution is 2.27. The minimum absolute atomic E-state index is 0.0725. The van der Waals surface area contributed by atoms with Crippen molar-refractivity contribution in [2.24, 2.45) is 0 Å². The zero-order valence-electron chi connectivity index (χ0n) is 15.1. The highest BCUT2D eigenvalue weighted by atomic mass is 16.5. The first kappa shape index (κ1) is 17.7. The van der Waals surface area contributed by atoms with E-state index >= 15 is 0 Å². The van der Waals surface area contributed by atoms with Gasteiger partial charge in [-0.05, 0) is 32.3 Å². The molecule has 5 heteroatoms. The number of nitrogens with zero attached hydrogens (tertiary/aromatic N) is 3. The second kappa shape index (κ2) is 8.30. The van der Waals surface area contributed by atoms with Crippen LogP contribution in [0.2, 0.25) is 0 Å². The molecule has 0 N–H and O–H groups in total. The highest BCUT2D eigenvalue weighted by molar-refractivity contribution is 5.77. The van der Waals surface area contributed by atoms with Crippen LogP contribution in [0.5, 0.6) is 0 Å². The molecule has 1 amide bonds. The molecule has 3 rings (SSSR count). The first-order valence-electron chi connectivity index (χ1n) is 9.07. The van der Waals surface area contributed by atoms with E-state index in [9.17, 15) is 4.79 Å². The van der Waals surface area contributed by atoms with Gasteiger partial charge < -0.3 is 14.2 Å². The van der Waals surface area contributed by atoms with Crippen LogP contribution in [0.4, 0.5) is 0 Å². The molecule has 1 aromatic heterocycles. The van der Waals surface area contributed by atoms with Crippen molar-refractivity contribution in [2.45, 2.75) is 45.3 Å². The van der Waals surface area contributed by atoms with Crippen LogP contribution in [-0.4, -0.2) is 40.1 Å². The van der Waals surface area contributed by atoms with Crippen molar-refractivity contribution in [3.63, 3.8) is 0 Å². The maximum absolute atomic E-state index is 12.5. The quantitative estimate of drug-likeness (QED) is 0.809. The molecule has 1 aromatic carbocycles. The molecule has 25 heavy (non-hydrogen) atoms. The molecule has 0 radical (unpaired) electrons. The maximum Gasteiger partial charge on any atom is 0.248 e. The number of ether oxygens (including phenoxy) is 1. The SMILES string of the molecule is CC(C)n1ccnc1[C@@H]1CCCN(C(=O)COCc2ccccc2)C1. The molecule has 0 unspecified atom stereocenters. The fourth-order valence-corrected chi connectivity index (χ4v) is 3.41. The number of hydrogen-bond acceptors (Lipinski definition) is 3. The number of amides is 1. The van der Waals surface area contributed by atoms with Gasteiger partial charge in [0.1, 0.15) is 12.4 Å². The first-order chi connectivity index (χ1) is 12.1. The molecule has 0 saturated carbocycles. The molecule has 134 valence electrons. The van der Waals surface area contributed by atoms with E-state index in [0.717, 1.165) is 37.3 Å². The van der Waals surface area contributed by atoms with E-state index in [1.807, 2.05) is 47.6 Å². The standard InChI is InChI=1S/C20H27N3O2/c1-16(2)23-12-10-21-20(23)18-9-6-11-22(13-18)19(24)15-25-14-17-7-4-3-5-8-17/h3-5,7-8,10,12,16,18H,6,9,11,13-15H2,1-2H3/t18-/m1/s1. The summed E-state index contributed by atoms with van der Waals surface area (Å²) in [4.78, 5) is 19.0. The van der Waals surface area contributed by atoms with Gasteiger partial charge in [0.15, 0.2) is 0 Å². The Kier molecular flexibility index (Phi) is 5.87. The molecule has 0 aliphatic carbocycles. The first-order valence-corrected chi connectivity index (χ1v) is 9.07. The molecule has 2 heterocycles. The summed E-state index contributed by atoms with van der Waals surface area (Å²) >= 11 is 0. The third-order valence-electron chi connectivity index (χ3n) is 4.73. The topological polar surface area (TPSA) is 47.4 Å². The van der Waals surface area contributed by atoms with Crippen molar-refractivity contribution in [1.82, 2.24) is 14.5 Å². The molecule has 1 fully saturated rings. The van der Waals surface area contributed by atoms with Gasteiger partial charge in [0.2, 0.25) is 5.91 Å². The number of hydrogen-bond donors (Lipinski definition) is 0. The Morgan fingerprint density at radius 3 is 2.88 bits per heavy atom. The van der Waals surface area contributed by atoms with E-state index < -0.39 is 0 Å². The molecular weight excluding hydrogens is 314 g/mol. The van der Waals surface area contributed by atoms with Crippen LogP contribution in [0.3, 0.4) is 0 Å². The number of piperidine rings is 1. The second-order valence-electron chi connectivity index (χ2n) is 6.94. The third-order valence-corrected chi connectivity index (χ3v) is 4.73. The fraction of sp³-hybridized carbons (Fsp3) is 0.500. The summed E-state index contributed by atoms with van der Waals surface area (Å²) < 4.78 is 7.82. The van der Waals surface area contributed by atoms with Crippen LogP contribution < -0.4 is 0 Å². The van der Waals surface area contributed by atoms with Crippen LogP contribution in [0.15, 0.2) is 42.7 Å². The summed E-state index contributed by atoms with van der Waals surface area (Å²) in [6, 6.07) is 10.3. The van der Waals surface area contributed by atoms with Gasteiger partial charge in [0, 0.05) is 37.4 Å². The molecule has 1 saturated heterocycles. The lowest BCUT2D eigenvalue weighted by atomic mass is 9.97. The molecule has 1 atom stereocenters. The van der Waals surface area contributed by atoms with E-state index in [4.69, 9.17) is 4.74 Å². The molecular formula is C20H27N3O2. The predicted molar refractivity (Wildman–Crippen MR) is 97.3 cm³/mol. The van der Waals surface area contributed by atoms with Crippen LogP contribution in [0.1, 0.15) is 50.0 Å². The number of benzene rings is 1. The number of carbonyl (C=O) groups is 1. The molecule has 5 nitrogen and oxygen atoms in total. The largest absolute Gasteiger partial charge is 0.367 e. The fourth-order valence-electron chi connectivity index (χ4n) is 3.41. The Balaban J connectivity index is 1.54. The van der Waals surface area contributed by atoms with Crippen molar-refractivity contribution in [2.75, 3.05) is 19.7 Å². The van der Waals surface area contributed by atoms with Gasteiger partial charge in [-0.3, -0.25) is 4.79 Å². The average molecular weight is 341 g/mol. The number of carbonyl (C=O) groups excluding carboxylic acids is 1. The van der Waals surface area contributed by atoms with E-state index in [1.54, 1.807) is 0 Å². The lowest BCUT2D eigenvalue weighted by molar-refractivity contribution is -0.137. The summed E-state index contributed by atoms with van der Waals surface area (Å²) in [5.41, 5.74) is 1.09. The van der Waals surface area contributed by atoms with Crippen LogP contribution in [0, 0.1) is 0 Å². The Morgan fingerprint density at radius 1 is 1.32 bits per heavy atom. The third kappa shape index (κ3) is 4.48. The van der Waals surface area contributed by atoms with Crippen molar-refractivity contribution in [1.29, 1.82) is 0 Å².